The van der Waals surface area contributed by atoms with Gasteiger partial charge in [0, 0.05) is 11.1 Å². The van der Waals surface area contributed by atoms with Gasteiger partial charge in [-0.15, -0.1) is 0 Å². The van der Waals surface area contributed by atoms with Crippen LogP contribution in [-0.4, -0.2) is 21.4 Å². The first kappa shape index (κ1) is 20.2. The number of hydrogen-bond donors (Lipinski definition) is 2. The van der Waals surface area contributed by atoms with Gasteiger partial charge in [0.25, 0.3) is 0 Å². The van der Waals surface area contributed by atoms with Crippen LogP contribution in [0.15, 0.2) is 59.5 Å². The number of hydrogen-bond acceptors (Lipinski definition) is 3. The Labute approximate surface area is 159 Å². The third-order valence-electron chi connectivity index (χ3n) is 3.86. The van der Waals surface area contributed by atoms with Crippen LogP contribution in [-0.2, 0) is 14.8 Å². The van der Waals surface area contributed by atoms with Crippen LogP contribution in [0.3, 0.4) is 0 Å². The van der Waals surface area contributed by atoms with Crippen molar-refractivity contribution in [2.24, 2.45) is 0 Å². The van der Waals surface area contributed by atoms with Crippen molar-refractivity contribution in [2.45, 2.75) is 24.3 Å². The second-order valence-electron chi connectivity index (χ2n) is 5.63. The number of carbonyl (C=O) groups excluding carboxylic acids is 1. The molecule has 0 aromatic heterocycles. The first-order valence-corrected chi connectivity index (χ1v) is 9.99. The van der Waals surface area contributed by atoms with E-state index in [-0.39, 0.29) is 16.8 Å². The van der Waals surface area contributed by atoms with Gasteiger partial charge in [0.15, 0.2) is 0 Å². The van der Waals surface area contributed by atoms with Gasteiger partial charge in [-0.2, -0.15) is 0 Å². The highest BCUT2D eigenvalue weighted by Crippen LogP contribution is 2.20. The molecule has 0 heterocycles. The number of sulfonamides is 1. The van der Waals surface area contributed by atoms with Crippen molar-refractivity contribution in [1.29, 1.82) is 0 Å². The number of halogens is 1. The predicted molar refractivity (Wildman–Crippen MR) is 104 cm³/mol. The lowest BCUT2D eigenvalue weighted by atomic mass is 10.0. The fourth-order valence-electron chi connectivity index (χ4n) is 2.41. The zero-order valence-electron chi connectivity index (χ0n) is 14.6. The molecule has 26 heavy (non-hydrogen) atoms. The summed E-state index contributed by atoms with van der Waals surface area (Å²) in [5.41, 5.74) is 1.68. The molecule has 2 rings (SSSR count). The Hall–Kier alpha value is -2.15. The first-order valence-electron chi connectivity index (χ1n) is 8.13. The van der Waals surface area contributed by atoms with Crippen molar-refractivity contribution in [2.75, 3.05) is 7.05 Å². The number of rotatable bonds is 7. The molecule has 5 nitrogen and oxygen atoms in total. The summed E-state index contributed by atoms with van der Waals surface area (Å²) in [7, 11) is -2.11. The van der Waals surface area contributed by atoms with Gasteiger partial charge in [0.05, 0.1) is 10.9 Å². The van der Waals surface area contributed by atoms with Crippen LogP contribution in [0.5, 0.6) is 0 Å². The van der Waals surface area contributed by atoms with Gasteiger partial charge in [-0.3, -0.25) is 4.79 Å². The van der Waals surface area contributed by atoms with Gasteiger partial charge in [-0.1, -0.05) is 42.8 Å². The summed E-state index contributed by atoms with van der Waals surface area (Å²) in [5, 5.41) is 3.56. The molecule has 0 fully saturated rings. The van der Waals surface area contributed by atoms with Crippen LogP contribution < -0.4 is 10.0 Å². The number of carbonyl (C=O) groups is 1. The van der Waals surface area contributed by atoms with E-state index in [4.69, 9.17) is 11.6 Å². The summed E-state index contributed by atoms with van der Waals surface area (Å²) in [4.78, 5) is 12.4. The fourth-order valence-corrected chi connectivity index (χ4v) is 3.34. The topological polar surface area (TPSA) is 75.3 Å². The van der Waals surface area contributed by atoms with Crippen LogP contribution in [0.2, 0.25) is 5.02 Å². The lowest BCUT2D eigenvalue weighted by Gasteiger charge is -2.16. The van der Waals surface area contributed by atoms with Crippen molar-refractivity contribution in [3.8, 4) is 0 Å². The Bertz CT molecular complexity index is 893. The Balaban J connectivity index is 2.04. The summed E-state index contributed by atoms with van der Waals surface area (Å²) in [5.74, 6) is -0.233. The molecule has 138 valence electrons. The minimum absolute atomic E-state index is 0.131. The van der Waals surface area contributed by atoms with Gasteiger partial charge >= 0.3 is 0 Å². The van der Waals surface area contributed by atoms with Crippen molar-refractivity contribution in [3.05, 3.63) is 70.8 Å². The van der Waals surface area contributed by atoms with Gasteiger partial charge in [0.1, 0.15) is 0 Å². The van der Waals surface area contributed by atoms with Crippen LogP contribution in [0.1, 0.15) is 30.5 Å². The van der Waals surface area contributed by atoms with E-state index >= 15 is 0 Å². The largest absolute Gasteiger partial charge is 0.346 e. The third kappa shape index (κ3) is 5.42. The molecule has 1 amide bonds. The summed E-state index contributed by atoms with van der Waals surface area (Å²) < 4.78 is 25.6. The summed E-state index contributed by atoms with van der Waals surface area (Å²) in [6.45, 7) is 1.98. The molecular weight excluding hydrogens is 372 g/mol. The van der Waals surface area contributed by atoms with Crippen molar-refractivity contribution < 1.29 is 13.2 Å². The molecule has 0 saturated carbocycles. The summed E-state index contributed by atoms with van der Waals surface area (Å²) in [6, 6.07) is 13.5. The maximum absolute atomic E-state index is 12.2. The Morgan fingerprint density at radius 2 is 1.88 bits per heavy atom. The minimum Gasteiger partial charge on any atom is -0.346 e. The van der Waals surface area contributed by atoms with Gasteiger partial charge < -0.3 is 5.32 Å². The fraction of sp³-hybridized carbons (Fsp3) is 0.211. The Kier molecular flexibility index (Phi) is 6.97. The number of amides is 1. The minimum atomic E-state index is -3.46. The molecule has 2 N–H and O–H groups in total. The lowest BCUT2D eigenvalue weighted by molar-refractivity contribution is -0.117. The average Bonchev–Trinajstić information content (AvgIpc) is 2.64. The van der Waals surface area contributed by atoms with Crippen molar-refractivity contribution in [1.82, 2.24) is 10.0 Å². The first-order chi connectivity index (χ1) is 12.4. The third-order valence-corrected chi connectivity index (χ3v) is 5.53. The van der Waals surface area contributed by atoms with Crippen molar-refractivity contribution >= 4 is 33.6 Å². The van der Waals surface area contributed by atoms with Crippen LogP contribution in [0, 0.1) is 0 Å². The zero-order chi connectivity index (χ0) is 19.2. The van der Waals surface area contributed by atoms with E-state index in [1.54, 1.807) is 24.3 Å². The Morgan fingerprint density at radius 1 is 1.19 bits per heavy atom. The molecule has 0 radical (unpaired) electrons. The molecule has 0 aliphatic heterocycles. The maximum atomic E-state index is 12.2. The smallest absolute Gasteiger partial charge is 0.244 e. The van der Waals surface area contributed by atoms with Crippen LogP contribution in [0.4, 0.5) is 0 Å². The highest BCUT2D eigenvalue weighted by atomic mass is 35.5. The normalized spacial score (nSPS) is 12.9. The molecule has 0 bridgehead atoms. The van der Waals surface area contributed by atoms with E-state index in [1.165, 1.54) is 25.3 Å². The Morgan fingerprint density at radius 3 is 2.46 bits per heavy atom. The van der Waals surface area contributed by atoms with E-state index in [0.717, 1.165) is 17.5 Å². The van der Waals surface area contributed by atoms with Crippen LogP contribution in [0.25, 0.3) is 6.08 Å². The molecule has 2 aromatic rings. The number of nitrogens with one attached hydrogen (secondary N) is 2. The van der Waals surface area contributed by atoms with E-state index in [0.29, 0.717) is 5.02 Å². The second-order valence-corrected chi connectivity index (χ2v) is 7.96. The van der Waals surface area contributed by atoms with E-state index in [1.807, 2.05) is 25.1 Å². The maximum Gasteiger partial charge on any atom is 0.244 e. The molecule has 0 saturated heterocycles. The summed E-state index contributed by atoms with van der Waals surface area (Å²) in [6.07, 6.45) is 3.79. The zero-order valence-corrected chi connectivity index (χ0v) is 16.1. The molecule has 1 unspecified atom stereocenters. The van der Waals surface area contributed by atoms with Gasteiger partial charge in [-0.25, -0.2) is 13.1 Å². The molecule has 7 heteroatoms. The highest BCUT2D eigenvalue weighted by Gasteiger charge is 2.12. The average molecular weight is 393 g/mol. The van der Waals surface area contributed by atoms with E-state index in [2.05, 4.69) is 10.0 Å². The molecule has 0 aliphatic rings. The second kappa shape index (κ2) is 8.98. The molecule has 0 spiro atoms. The molecule has 2 aromatic carbocycles. The highest BCUT2D eigenvalue weighted by molar-refractivity contribution is 7.89. The van der Waals surface area contributed by atoms with Crippen molar-refractivity contribution in [3.63, 3.8) is 0 Å². The molecule has 0 aliphatic carbocycles. The molecular formula is C19H21ClN2O3S. The van der Waals surface area contributed by atoms with E-state index in [9.17, 15) is 13.2 Å². The van der Waals surface area contributed by atoms with Crippen LogP contribution >= 0.6 is 11.6 Å². The lowest BCUT2D eigenvalue weighted by Crippen LogP contribution is -2.26. The molecule has 1 atom stereocenters. The van der Waals surface area contributed by atoms with Gasteiger partial charge in [0.2, 0.25) is 15.9 Å². The van der Waals surface area contributed by atoms with E-state index < -0.39 is 10.0 Å². The quantitative estimate of drug-likeness (QED) is 0.708. The summed E-state index contributed by atoms with van der Waals surface area (Å²) >= 11 is 6.00. The number of benzene rings is 2. The predicted octanol–water partition coefficient (Wildman–Crippen LogP) is 3.53. The standard InChI is InChI=1S/C19H21ClN2O3S/c1-3-18(15-5-4-6-16(20)13-15)22-19(23)12-9-14-7-10-17(11-8-14)26(24,25)21-2/h4-13,18,21H,3H2,1-2H3,(H,22,23)/b12-9+. The monoisotopic (exact) mass is 392 g/mol. The van der Waals surface area contributed by atoms with Gasteiger partial charge in [-0.05, 0) is 54.9 Å². The SMILES string of the molecule is CCC(NC(=O)/C=C/c1ccc(S(=O)(=O)NC)cc1)c1cccc(Cl)c1.